The van der Waals surface area contributed by atoms with Crippen LogP contribution in [0.1, 0.15) is 11.6 Å². The van der Waals surface area contributed by atoms with Crippen LogP contribution in [0.4, 0.5) is 10.5 Å². The van der Waals surface area contributed by atoms with Gasteiger partial charge in [-0.2, -0.15) is 0 Å². The number of benzene rings is 2. The molecule has 0 fully saturated rings. The van der Waals surface area contributed by atoms with Gasteiger partial charge < -0.3 is 11.1 Å². The van der Waals surface area contributed by atoms with E-state index in [1.165, 1.54) is 0 Å². The van der Waals surface area contributed by atoms with Gasteiger partial charge in [0.2, 0.25) is 5.91 Å². The summed E-state index contributed by atoms with van der Waals surface area (Å²) in [5.74, 6) is -0.345. The summed E-state index contributed by atoms with van der Waals surface area (Å²) in [6.45, 7) is 0. The molecule has 0 saturated heterocycles. The maximum absolute atomic E-state index is 12.4. The Kier molecular flexibility index (Phi) is 5.35. The van der Waals surface area contributed by atoms with Gasteiger partial charge in [0.1, 0.15) is 6.04 Å². The molecule has 3 amide bonds. The molecule has 0 spiro atoms. The Labute approximate surface area is 132 Å². The molecule has 0 aliphatic heterocycles. The lowest BCUT2D eigenvalue weighted by Gasteiger charge is -2.18. The van der Waals surface area contributed by atoms with E-state index in [1.807, 2.05) is 6.07 Å². The smallest absolute Gasteiger partial charge is 0.326 e. The molecule has 0 saturated carbocycles. The number of hydrogen-bond donors (Lipinski definition) is 4. The maximum Gasteiger partial charge on any atom is 0.326 e. The first-order valence-electron chi connectivity index (χ1n) is 6.48. The highest BCUT2D eigenvalue weighted by molar-refractivity contribution is 6.30. The molecule has 5 N–H and O–H groups in total. The molecular formula is C15H15ClN4O2. The Hall–Kier alpha value is -2.57. The van der Waals surface area contributed by atoms with Crippen molar-refractivity contribution < 1.29 is 9.59 Å². The molecular weight excluding hydrogens is 304 g/mol. The van der Waals surface area contributed by atoms with Crippen LogP contribution in [0.25, 0.3) is 0 Å². The molecule has 0 radical (unpaired) electrons. The molecule has 114 valence electrons. The van der Waals surface area contributed by atoms with E-state index in [1.54, 1.807) is 48.5 Å². The van der Waals surface area contributed by atoms with Gasteiger partial charge in [0.15, 0.2) is 0 Å². The van der Waals surface area contributed by atoms with Crippen LogP contribution in [-0.2, 0) is 4.79 Å². The number of hydrogen-bond acceptors (Lipinski definition) is 3. The molecule has 7 heteroatoms. The number of carbonyl (C=O) groups is 2. The first-order chi connectivity index (χ1) is 10.6. The highest BCUT2D eigenvalue weighted by Crippen LogP contribution is 2.17. The van der Waals surface area contributed by atoms with Gasteiger partial charge in [-0.3, -0.25) is 10.2 Å². The van der Waals surface area contributed by atoms with E-state index in [0.29, 0.717) is 16.3 Å². The molecule has 22 heavy (non-hydrogen) atoms. The average Bonchev–Trinajstić information content (AvgIpc) is 2.50. The van der Waals surface area contributed by atoms with Crippen molar-refractivity contribution >= 4 is 29.2 Å². The summed E-state index contributed by atoms with van der Waals surface area (Å²) >= 11 is 5.80. The van der Waals surface area contributed by atoms with Gasteiger partial charge in [0.05, 0.1) is 0 Å². The lowest BCUT2D eigenvalue weighted by Crippen LogP contribution is -2.46. The van der Waals surface area contributed by atoms with E-state index in [2.05, 4.69) is 16.2 Å². The van der Waals surface area contributed by atoms with Crippen molar-refractivity contribution in [3.8, 4) is 0 Å². The molecule has 2 aromatic rings. The van der Waals surface area contributed by atoms with E-state index in [-0.39, 0.29) is 5.91 Å². The number of urea groups is 1. The second-order valence-corrected chi connectivity index (χ2v) is 4.91. The van der Waals surface area contributed by atoms with E-state index < -0.39 is 12.1 Å². The summed E-state index contributed by atoms with van der Waals surface area (Å²) in [4.78, 5) is 23.3. The zero-order chi connectivity index (χ0) is 15.9. The van der Waals surface area contributed by atoms with Crippen molar-refractivity contribution in [1.82, 2.24) is 10.9 Å². The monoisotopic (exact) mass is 318 g/mol. The molecule has 0 heterocycles. The fourth-order valence-corrected chi connectivity index (χ4v) is 1.96. The Bertz CT molecular complexity index is 646. The summed E-state index contributed by atoms with van der Waals surface area (Å²) in [6, 6.07) is 14.1. The van der Waals surface area contributed by atoms with Crippen molar-refractivity contribution in [3.63, 3.8) is 0 Å². The number of primary amides is 1. The van der Waals surface area contributed by atoms with E-state index in [9.17, 15) is 9.59 Å². The highest BCUT2D eigenvalue weighted by Gasteiger charge is 2.20. The standard InChI is InChI=1S/C15H15ClN4O2/c16-11-6-8-12(9-7-11)18-14(21)13(19-20-15(17)22)10-4-2-1-3-5-10/h1-9,13,19H,(H,18,21)(H3,17,20,22)/t13-/m1/s1. The zero-order valence-corrected chi connectivity index (χ0v) is 12.3. The summed E-state index contributed by atoms with van der Waals surface area (Å²) < 4.78 is 0. The number of nitrogens with one attached hydrogen (secondary N) is 3. The van der Waals surface area contributed by atoms with Gasteiger partial charge in [-0.05, 0) is 29.8 Å². The number of halogens is 1. The summed E-state index contributed by atoms with van der Waals surface area (Å²) in [6.07, 6.45) is 0. The fraction of sp³-hybridized carbons (Fsp3) is 0.0667. The summed E-state index contributed by atoms with van der Waals surface area (Å²) in [5.41, 5.74) is 11.1. The number of carbonyl (C=O) groups excluding carboxylic acids is 2. The molecule has 6 nitrogen and oxygen atoms in total. The van der Waals surface area contributed by atoms with Gasteiger partial charge in [-0.1, -0.05) is 41.9 Å². The number of rotatable bonds is 5. The predicted octanol–water partition coefficient (Wildman–Crippen LogP) is 2.19. The Morgan fingerprint density at radius 2 is 1.64 bits per heavy atom. The first kappa shape index (κ1) is 15.8. The van der Waals surface area contributed by atoms with Crippen LogP contribution < -0.4 is 21.9 Å². The van der Waals surface area contributed by atoms with Gasteiger partial charge >= 0.3 is 6.03 Å². The number of hydrazine groups is 1. The summed E-state index contributed by atoms with van der Waals surface area (Å²) in [7, 11) is 0. The molecule has 0 aromatic heterocycles. The van der Waals surface area contributed by atoms with Crippen molar-refractivity contribution in [1.29, 1.82) is 0 Å². The Morgan fingerprint density at radius 3 is 2.23 bits per heavy atom. The molecule has 1 atom stereocenters. The third-order valence-corrected chi connectivity index (χ3v) is 3.10. The van der Waals surface area contributed by atoms with Crippen LogP contribution in [0, 0.1) is 0 Å². The second-order valence-electron chi connectivity index (χ2n) is 4.47. The lowest BCUT2D eigenvalue weighted by molar-refractivity contribution is -0.118. The molecule has 0 aliphatic rings. The third kappa shape index (κ3) is 4.47. The van der Waals surface area contributed by atoms with Crippen LogP contribution in [0.2, 0.25) is 5.02 Å². The minimum atomic E-state index is -0.788. The average molecular weight is 319 g/mol. The topological polar surface area (TPSA) is 96.2 Å². The highest BCUT2D eigenvalue weighted by atomic mass is 35.5. The van der Waals surface area contributed by atoms with Gasteiger partial charge in [-0.15, -0.1) is 0 Å². The van der Waals surface area contributed by atoms with Crippen LogP contribution in [0.15, 0.2) is 54.6 Å². The Balaban J connectivity index is 2.14. The maximum atomic E-state index is 12.4. The molecule has 2 rings (SSSR count). The van der Waals surface area contributed by atoms with E-state index in [4.69, 9.17) is 17.3 Å². The van der Waals surface area contributed by atoms with Gasteiger partial charge in [0.25, 0.3) is 0 Å². The summed E-state index contributed by atoms with van der Waals surface area (Å²) in [5, 5.41) is 3.31. The van der Waals surface area contributed by atoms with E-state index >= 15 is 0 Å². The van der Waals surface area contributed by atoms with Gasteiger partial charge in [-0.25, -0.2) is 10.2 Å². The van der Waals surface area contributed by atoms with Gasteiger partial charge in [0, 0.05) is 10.7 Å². The Morgan fingerprint density at radius 1 is 1.00 bits per heavy atom. The van der Waals surface area contributed by atoms with Crippen LogP contribution >= 0.6 is 11.6 Å². The van der Waals surface area contributed by atoms with Crippen molar-refractivity contribution in [2.24, 2.45) is 5.73 Å². The normalized spacial score (nSPS) is 11.5. The molecule has 0 unspecified atom stereocenters. The molecule has 2 aromatic carbocycles. The van der Waals surface area contributed by atoms with Crippen molar-refractivity contribution in [2.45, 2.75) is 6.04 Å². The SMILES string of the molecule is NC(=O)NN[C@@H](C(=O)Nc1ccc(Cl)cc1)c1ccccc1. The van der Waals surface area contributed by atoms with Crippen LogP contribution in [0.5, 0.6) is 0 Å². The predicted molar refractivity (Wildman–Crippen MR) is 85.1 cm³/mol. The molecule has 0 aliphatic carbocycles. The fourth-order valence-electron chi connectivity index (χ4n) is 1.84. The van der Waals surface area contributed by atoms with Crippen LogP contribution in [0.3, 0.4) is 0 Å². The second kappa shape index (κ2) is 7.44. The van der Waals surface area contributed by atoms with Crippen LogP contribution in [-0.4, -0.2) is 11.9 Å². The van der Waals surface area contributed by atoms with Crippen molar-refractivity contribution in [2.75, 3.05) is 5.32 Å². The zero-order valence-electron chi connectivity index (χ0n) is 11.5. The minimum Gasteiger partial charge on any atom is -0.351 e. The third-order valence-electron chi connectivity index (χ3n) is 2.85. The quantitative estimate of drug-likeness (QED) is 0.636. The van der Waals surface area contributed by atoms with Crippen molar-refractivity contribution in [3.05, 3.63) is 65.2 Å². The minimum absolute atomic E-state index is 0.345. The largest absolute Gasteiger partial charge is 0.351 e. The lowest BCUT2D eigenvalue weighted by atomic mass is 10.1. The number of anilines is 1. The van der Waals surface area contributed by atoms with E-state index in [0.717, 1.165) is 0 Å². The molecule has 0 bridgehead atoms. The number of nitrogens with two attached hydrogens (primary N) is 1. The number of amides is 3. The first-order valence-corrected chi connectivity index (χ1v) is 6.86.